The van der Waals surface area contributed by atoms with Crippen molar-refractivity contribution < 1.29 is 14.3 Å². The Morgan fingerprint density at radius 2 is 2.04 bits per heavy atom. The molecule has 6 heteroatoms. The first-order valence-electron chi connectivity index (χ1n) is 8.08. The number of aryl methyl sites for hydroxylation is 1. The highest BCUT2D eigenvalue weighted by Gasteiger charge is 2.28. The Balaban J connectivity index is 1.57. The molecule has 0 aliphatic heterocycles. The Kier molecular flexibility index (Phi) is 5.04. The van der Waals surface area contributed by atoms with Gasteiger partial charge in [-0.25, -0.2) is 4.98 Å². The largest absolute Gasteiger partial charge is 0.493 e. The van der Waals surface area contributed by atoms with Crippen molar-refractivity contribution in [3.05, 3.63) is 39.3 Å². The molecule has 1 amide bonds. The van der Waals surface area contributed by atoms with E-state index in [9.17, 15) is 4.79 Å². The van der Waals surface area contributed by atoms with E-state index < -0.39 is 0 Å². The molecule has 1 aromatic heterocycles. The zero-order valence-electron chi connectivity index (χ0n) is 14.2. The molecule has 1 fully saturated rings. The highest BCUT2D eigenvalue weighted by atomic mass is 32.1. The first-order valence-corrected chi connectivity index (χ1v) is 8.90. The smallest absolute Gasteiger partial charge is 0.263 e. The first-order chi connectivity index (χ1) is 11.6. The number of carbonyl (C=O) groups is 1. The van der Waals surface area contributed by atoms with Gasteiger partial charge in [0.2, 0.25) is 0 Å². The molecule has 0 atom stereocenters. The average molecular weight is 346 g/mol. The van der Waals surface area contributed by atoms with Crippen LogP contribution in [0.4, 0.5) is 0 Å². The lowest BCUT2D eigenvalue weighted by atomic mass is 10.1. The van der Waals surface area contributed by atoms with Crippen LogP contribution in [0.1, 0.15) is 44.7 Å². The standard InChI is InChI=1S/C18H22N2O3S/c1-11-16(24-18(20-11)13-5-6-13)17(21)19-9-8-12-4-7-14(22-2)15(10-12)23-3/h4,7,10,13H,5-6,8-9H2,1-3H3,(H,19,21). The normalized spacial score (nSPS) is 13.6. The number of carbonyl (C=O) groups excluding carboxylic acids is 1. The molecular weight excluding hydrogens is 324 g/mol. The third-order valence-corrected chi connectivity index (χ3v) is 5.41. The summed E-state index contributed by atoms with van der Waals surface area (Å²) in [5.74, 6) is 1.96. The topological polar surface area (TPSA) is 60.5 Å². The highest BCUT2D eigenvalue weighted by molar-refractivity contribution is 7.13. The minimum atomic E-state index is -0.0302. The molecule has 1 N–H and O–H groups in total. The van der Waals surface area contributed by atoms with Gasteiger partial charge in [0.15, 0.2) is 11.5 Å². The summed E-state index contributed by atoms with van der Waals surface area (Å²) in [5, 5.41) is 4.10. The number of aromatic nitrogens is 1. The Morgan fingerprint density at radius 1 is 1.29 bits per heavy atom. The molecule has 3 rings (SSSR count). The maximum atomic E-state index is 12.4. The van der Waals surface area contributed by atoms with E-state index in [4.69, 9.17) is 9.47 Å². The van der Waals surface area contributed by atoms with Gasteiger partial charge in [0.25, 0.3) is 5.91 Å². The van der Waals surface area contributed by atoms with E-state index in [2.05, 4.69) is 10.3 Å². The molecule has 24 heavy (non-hydrogen) atoms. The van der Waals surface area contributed by atoms with Crippen LogP contribution in [0.25, 0.3) is 0 Å². The third-order valence-electron chi connectivity index (χ3n) is 4.09. The van der Waals surface area contributed by atoms with Crippen molar-refractivity contribution in [2.45, 2.75) is 32.1 Å². The number of nitrogens with one attached hydrogen (secondary N) is 1. The Labute approximate surface area is 146 Å². The van der Waals surface area contributed by atoms with Crippen LogP contribution >= 0.6 is 11.3 Å². The highest BCUT2D eigenvalue weighted by Crippen LogP contribution is 2.42. The number of hydrogen-bond acceptors (Lipinski definition) is 5. The van der Waals surface area contributed by atoms with E-state index in [0.717, 1.165) is 27.6 Å². The predicted molar refractivity (Wildman–Crippen MR) is 94.4 cm³/mol. The van der Waals surface area contributed by atoms with E-state index in [1.54, 1.807) is 14.2 Å². The van der Waals surface area contributed by atoms with Gasteiger partial charge in [-0.1, -0.05) is 6.07 Å². The Morgan fingerprint density at radius 3 is 2.71 bits per heavy atom. The molecular formula is C18H22N2O3S. The van der Waals surface area contributed by atoms with Crippen LogP contribution in [-0.4, -0.2) is 31.7 Å². The number of rotatable bonds is 7. The monoisotopic (exact) mass is 346 g/mol. The maximum absolute atomic E-state index is 12.4. The third kappa shape index (κ3) is 3.70. The van der Waals surface area contributed by atoms with E-state index in [-0.39, 0.29) is 5.91 Å². The molecule has 1 aliphatic rings. The summed E-state index contributed by atoms with van der Waals surface area (Å²) >= 11 is 1.54. The minimum absolute atomic E-state index is 0.0302. The molecule has 5 nitrogen and oxygen atoms in total. The van der Waals surface area contributed by atoms with Gasteiger partial charge in [0.1, 0.15) is 4.88 Å². The average Bonchev–Trinajstić information content (AvgIpc) is 3.37. The summed E-state index contributed by atoms with van der Waals surface area (Å²) in [7, 11) is 3.23. The van der Waals surface area contributed by atoms with E-state index in [1.807, 2.05) is 25.1 Å². The molecule has 0 spiro atoms. The van der Waals surface area contributed by atoms with Crippen LogP contribution in [0, 0.1) is 6.92 Å². The van der Waals surface area contributed by atoms with E-state index in [0.29, 0.717) is 24.0 Å². The van der Waals surface area contributed by atoms with Gasteiger partial charge in [-0.2, -0.15) is 0 Å². The second kappa shape index (κ2) is 7.21. The van der Waals surface area contributed by atoms with Gasteiger partial charge in [0.05, 0.1) is 24.9 Å². The lowest BCUT2D eigenvalue weighted by Gasteiger charge is -2.10. The van der Waals surface area contributed by atoms with E-state index >= 15 is 0 Å². The second-order valence-corrected chi connectivity index (χ2v) is 6.97. The maximum Gasteiger partial charge on any atom is 0.263 e. The van der Waals surface area contributed by atoms with Crippen molar-refractivity contribution in [2.75, 3.05) is 20.8 Å². The zero-order chi connectivity index (χ0) is 17.1. The lowest BCUT2D eigenvalue weighted by molar-refractivity contribution is 0.0957. The van der Waals surface area contributed by atoms with Crippen molar-refractivity contribution in [2.24, 2.45) is 0 Å². The van der Waals surface area contributed by atoms with Crippen molar-refractivity contribution >= 4 is 17.2 Å². The minimum Gasteiger partial charge on any atom is -0.493 e. The summed E-state index contributed by atoms with van der Waals surface area (Å²) in [6, 6.07) is 5.80. The first kappa shape index (κ1) is 16.8. The lowest BCUT2D eigenvalue weighted by Crippen LogP contribution is -2.25. The molecule has 0 saturated heterocycles. The van der Waals surface area contributed by atoms with Crippen LogP contribution < -0.4 is 14.8 Å². The number of hydrogen-bond donors (Lipinski definition) is 1. The van der Waals surface area contributed by atoms with Crippen LogP contribution in [-0.2, 0) is 6.42 Å². The SMILES string of the molecule is COc1ccc(CCNC(=O)c2sc(C3CC3)nc2C)cc1OC. The molecule has 1 heterocycles. The number of benzene rings is 1. The van der Waals surface area contributed by atoms with Crippen molar-refractivity contribution in [1.82, 2.24) is 10.3 Å². The Bertz CT molecular complexity index is 738. The number of thiazole rings is 1. The molecule has 0 bridgehead atoms. The molecule has 1 saturated carbocycles. The fourth-order valence-corrected chi connectivity index (χ4v) is 3.72. The van der Waals surface area contributed by atoms with Crippen LogP contribution in [0.15, 0.2) is 18.2 Å². The zero-order valence-corrected chi connectivity index (χ0v) is 15.0. The fraction of sp³-hybridized carbons (Fsp3) is 0.444. The predicted octanol–water partition coefficient (Wildman–Crippen LogP) is 3.32. The molecule has 1 aliphatic carbocycles. The van der Waals surface area contributed by atoms with E-state index in [1.165, 1.54) is 24.2 Å². The molecule has 1 aromatic carbocycles. The number of ether oxygens (including phenoxy) is 2. The van der Waals surface area contributed by atoms with Crippen LogP contribution in [0.3, 0.4) is 0 Å². The Hall–Kier alpha value is -2.08. The molecule has 2 aromatic rings. The number of methoxy groups -OCH3 is 2. The van der Waals surface area contributed by atoms with Gasteiger partial charge < -0.3 is 14.8 Å². The van der Waals surface area contributed by atoms with Gasteiger partial charge in [-0.3, -0.25) is 4.79 Å². The van der Waals surface area contributed by atoms with Crippen LogP contribution in [0.5, 0.6) is 11.5 Å². The van der Waals surface area contributed by atoms with Gasteiger partial charge >= 0.3 is 0 Å². The van der Waals surface area contributed by atoms with Crippen molar-refractivity contribution in [3.8, 4) is 11.5 Å². The number of amides is 1. The van der Waals surface area contributed by atoms with Gasteiger partial charge in [-0.15, -0.1) is 11.3 Å². The molecule has 128 valence electrons. The summed E-state index contributed by atoms with van der Waals surface area (Å²) < 4.78 is 10.5. The summed E-state index contributed by atoms with van der Waals surface area (Å²) in [6.07, 6.45) is 3.14. The summed E-state index contributed by atoms with van der Waals surface area (Å²) in [5.41, 5.74) is 1.93. The fourth-order valence-electron chi connectivity index (χ4n) is 2.57. The van der Waals surface area contributed by atoms with Gasteiger partial charge in [-0.05, 0) is 43.9 Å². The summed E-state index contributed by atoms with van der Waals surface area (Å²) in [4.78, 5) is 17.6. The quantitative estimate of drug-likeness (QED) is 0.835. The van der Waals surface area contributed by atoms with Gasteiger partial charge in [0, 0.05) is 12.5 Å². The summed E-state index contributed by atoms with van der Waals surface area (Å²) in [6.45, 7) is 2.48. The molecule has 0 radical (unpaired) electrons. The second-order valence-electron chi connectivity index (χ2n) is 5.94. The van der Waals surface area contributed by atoms with Crippen molar-refractivity contribution in [1.29, 1.82) is 0 Å². The van der Waals surface area contributed by atoms with Crippen LogP contribution in [0.2, 0.25) is 0 Å². The molecule has 0 unspecified atom stereocenters. The number of nitrogens with zero attached hydrogens (tertiary/aromatic N) is 1. The van der Waals surface area contributed by atoms with Crippen molar-refractivity contribution in [3.63, 3.8) is 0 Å².